The Morgan fingerprint density at radius 2 is 1.45 bits per heavy atom. The summed E-state index contributed by atoms with van der Waals surface area (Å²) in [7, 11) is -3.39. The molecule has 0 aromatic carbocycles. The maximum atomic E-state index is 7.02. The van der Waals surface area contributed by atoms with Crippen molar-refractivity contribution < 1.29 is 8.85 Å². The molecule has 0 saturated heterocycles. The highest BCUT2D eigenvalue weighted by atomic mass is 28.4. The summed E-state index contributed by atoms with van der Waals surface area (Å²) in [5.41, 5.74) is 0.432. The van der Waals surface area contributed by atoms with Gasteiger partial charge in [-0.1, -0.05) is 61.8 Å². The van der Waals surface area contributed by atoms with E-state index >= 15 is 0 Å². The fraction of sp³-hybridized carbons (Fsp3) is 1.00. The van der Waals surface area contributed by atoms with Gasteiger partial charge in [0.15, 0.2) is 16.6 Å². The van der Waals surface area contributed by atoms with Gasteiger partial charge in [-0.2, -0.15) is 0 Å². The first-order chi connectivity index (χ1) is 12.9. The summed E-state index contributed by atoms with van der Waals surface area (Å²) in [5, 5.41) is 0.588. The summed E-state index contributed by atoms with van der Waals surface area (Å²) in [6.45, 7) is 29.8. The Kier molecular flexibility index (Phi) is 7.39. The van der Waals surface area contributed by atoms with Gasteiger partial charge < -0.3 is 8.85 Å². The van der Waals surface area contributed by atoms with Crippen molar-refractivity contribution in [1.82, 2.24) is 0 Å². The average molecular weight is 441 g/mol. The standard InChI is InChI=1S/C25H52O2Si2/c1-19(18-26-28(9,10)23(2,3)4)20-15-16-21-22(14-13-17-25(20,21)8)27-29(11,12)24(5,6)7/h19-22H,13-18H2,1-12H3/t19-,20-,21+,22?,25-/m1/s1. The van der Waals surface area contributed by atoms with Crippen LogP contribution in [0.1, 0.15) is 87.5 Å². The van der Waals surface area contributed by atoms with E-state index in [1.807, 2.05) is 0 Å². The Labute approximate surface area is 185 Å². The first-order valence-corrected chi connectivity index (χ1v) is 18.1. The van der Waals surface area contributed by atoms with E-state index in [-0.39, 0.29) is 0 Å². The molecule has 5 atom stereocenters. The van der Waals surface area contributed by atoms with Crippen LogP contribution >= 0.6 is 0 Å². The molecule has 2 rings (SSSR count). The topological polar surface area (TPSA) is 18.5 Å². The number of rotatable bonds is 6. The second-order valence-corrected chi connectivity index (χ2v) is 23.2. The van der Waals surface area contributed by atoms with Crippen molar-refractivity contribution in [2.24, 2.45) is 23.2 Å². The minimum Gasteiger partial charge on any atom is -0.417 e. The summed E-state index contributed by atoms with van der Waals surface area (Å²) in [6, 6.07) is 0. The Bertz CT molecular complexity index is 558. The van der Waals surface area contributed by atoms with Crippen molar-refractivity contribution >= 4 is 16.6 Å². The molecule has 0 amide bonds. The maximum absolute atomic E-state index is 7.02. The van der Waals surface area contributed by atoms with E-state index in [9.17, 15) is 0 Å². The molecule has 0 aromatic rings. The van der Waals surface area contributed by atoms with Crippen LogP contribution in [0.25, 0.3) is 0 Å². The molecule has 0 aromatic heterocycles. The fourth-order valence-corrected chi connectivity index (χ4v) is 7.97. The van der Waals surface area contributed by atoms with Gasteiger partial charge in [-0.25, -0.2) is 0 Å². The Balaban J connectivity index is 2.09. The lowest BCUT2D eigenvalue weighted by Crippen LogP contribution is -2.50. The summed E-state index contributed by atoms with van der Waals surface area (Å²) in [4.78, 5) is 0. The zero-order valence-electron chi connectivity index (χ0n) is 21.9. The minimum atomic E-state index is -1.71. The highest BCUT2D eigenvalue weighted by Crippen LogP contribution is 2.59. The van der Waals surface area contributed by atoms with Crippen molar-refractivity contribution in [3.05, 3.63) is 0 Å². The molecule has 2 nitrogen and oxygen atoms in total. The zero-order valence-corrected chi connectivity index (χ0v) is 23.9. The minimum absolute atomic E-state index is 0.293. The lowest BCUT2D eigenvalue weighted by atomic mass is 9.62. The van der Waals surface area contributed by atoms with E-state index in [0.717, 1.165) is 18.4 Å². The second-order valence-electron chi connectivity index (χ2n) is 13.7. The number of hydrogen-bond acceptors (Lipinski definition) is 2. The highest BCUT2D eigenvalue weighted by molar-refractivity contribution is 6.74. The monoisotopic (exact) mass is 440 g/mol. The molecule has 2 saturated carbocycles. The van der Waals surface area contributed by atoms with Crippen LogP contribution in [0.2, 0.25) is 36.3 Å². The Hall–Kier alpha value is 0.354. The van der Waals surface area contributed by atoms with E-state index < -0.39 is 16.6 Å². The van der Waals surface area contributed by atoms with Crippen LogP contribution in [0.15, 0.2) is 0 Å². The van der Waals surface area contributed by atoms with Crippen LogP contribution in [-0.2, 0) is 8.85 Å². The average Bonchev–Trinajstić information content (AvgIpc) is 2.88. The highest BCUT2D eigenvalue weighted by Gasteiger charge is 2.54. The van der Waals surface area contributed by atoms with E-state index in [1.165, 1.54) is 32.1 Å². The predicted molar refractivity (Wildman–Crippen MR) is 133 cm³/mol. The molecule has 2 aliphatic rings. The molecule has 0 bridgehead atoms. The zero-order chi connectivity index (χ0) is 22.5. The summed E-state index contributed by atoms with van der Waals surface area (Å²) < 4.78 is 13.7. The third-order valence-corrected chi connectivity index (χ3v) is 18.6. The largest absolute Gasteiger partial charge is 0.417 e. The van der Waals surface area contributed by atoms with Gasteiger partial charge in [0, 0.05) is 12.7 Å². The lowest BCUT2D eigenvalue weighted by molar-refractivity contribution is -0.0253. The molecule has 2 aliphatic carbocycles. The molecule has 172 valence electrons. The summed E-state index contributed by atoms with van der Waals surface area (Å²) in [6.07, 6.45) is 7.18. The van der Waals surface area contributed by atoms with Crippen molar-refractivity contribution in [2.45, 2.75) is 130 Å². The van der Waals surface area contributed by atoms with Gasteiger partial charge in [0.05, 0.1) is 0 Å². The van der Waals surface area contributed by atoms with Gasteiger partial charge >= 0.3 is 0 Å². The molecule has 0 aliphatic heterocycles. The number of hydrogen-bond donors (Lipinski definition) is 0. The van der Waals surface area contributed by atoms with Crippen molar-refractivity contribution in [3.63, 3.8) is 0 Å². The van der Waals surface area contributed by atoms with Crippen LogP contribution < -0.4 is 0 Å². The van der Waals surface area contributed by atoms with Crippen LogP contribution in [0.4, 0.5) is 0 Å². The summed E-state index contributed by atoms with van der Waals surface area (Å²) in [5.74, 6) is 2.17. The molecule has 4 heteroatoms. The third kappa shape index (κ3) is 5.23. The van der Waals surface area contributed by atoms with E-state index in [1.54, 1.807) is 0 Å². The second kappa shape index (κ2) is 8.37. The van der Waals surface area contributed by atoms with Crippen LogP contribution in [0.5, 0.6) is 0 Å². The molecular formula is C25H52O2Si2. The predicted octanol–water partition coefficient (Wildman–Crippen LogP) is 8.25. The fourth-order valence-electron chi connectivity index (χ4n) is 5.46. The van der Waals surface area contributed by atoms with Gasteiger partial charge in [-0.15, -0.1) is 0 Å². The van der Waals surface area contributed by atoms with Crippen LogP contribution in [0, 0.1) is 23.2 Å². The lowest BCUT2D eigenvalue weighted by Gasteiger charge is -2.50. The van der Waals surface area contributed by atoms with Crippen LogP contribution in [0.3, 0.4) is 0 Å². The van der Waals surface area contributed by atoms with Gasteiger partial charge in [-0.3, -0.25) is 0 Å². The van der Waals surface area contributed by atoms with E-state index in [2.05, 4.69) is 81.6 Å². The SMILES string of the molecule is C[C@H](CO[Si](C)(C)C(C)(C)C)[C@H]1CC[C@H]2C(O[Si](C)(C)C(C)(C)C)CCC[C@]12C. The first-order valence-electron chi connectivity index (χ1n) is 12.2. The molecule has 2 fully saturated rings. The van der Waals surface area contributed by atoms with Gasteiger partial charge in [0.2, 0.25) is 0 Å². The van der Waals surface area contributed by atoms with Gasteiger partial charge in [0.25, 0.3) is 0 Å². The molecule has 29 heavy (non-hydrogen) atoms. The Morgan fingerprint density at radius 3 is 1.97 bits per heavy atom. The summed E-state index contributed by atoms with van der Waals surface area (Å²) >= 11 is 0. The van der Waals surface area contributed by atoms with E-state index in [4.69, 9.17) is 8.85 Å². The molecule has 0 radical (unpaired) electrons. The molecule has 0 heterocycles. The normalized spacial score (nSPS) is 32.9. The van der Waals surface area contributed by atoms with Crippen molar-refractivity contribution in [2.75, 3.05) is 6.61 Å². The number of fused-ring (bicyclic) bond motifs is 1. The quantitative estimate of drug-likeness (QED) is 0.387. The molecule has 0 N–H and O–H groups in total. The van der Waals surface area contributed by atoms with Gasteiger partial charge in [-0.05, 0) is 85.1 Å². The molecule has 1 unspecified atom stereocenters. The first kappa shape index (κ1) is 25.6. The smallest absolute Gasteiger partial charge is 0.192 e. The third-order valence-electron chi connectivity index (χ3n) is 9.59. The van der Waals surface area contributed by atoms with Crippen molar-refractivity contribution in [1.29, 1.82) is 0 Å². The van der Waals surface area contributed by atoms with Crippen molar-refractivity contribution in [3.8, 4) is 0 Å². The molecular weight excluding hydrogens is 388 g/mol. The maximum Gasteiger partial charge on any atom is 0.192 e. The van der Waals surface area contributed by atoms with Crippen LogP contribution in [-0.4, -0.2) is 29.3 Å². The Morgan fingerprint density at radius 1 is 0.897 bits per heavy atom. The van der Waals surface area contributed by atoms with Gasteiger partial charge in [0.1, 0.15) is 0 Å². The van der Waals surface area contributed by atoms with E-state index in [0.29, 0.717) is 27.5 Å². The molecule has 0 spiro atoms.